The van der Waals surface area contributed by atoms with Crippen molar-refractivity contribution in [1.29, 1.82) is 0 Å². The monoisotopic (exact) mass is 386 g/mol. The molecule has 0 bridgehead atoms. The molecule has 1 aromatic carbocycles. The summed E-state index contributed by atoms with van der Waals surface area (Å²) in [5.41, 5.74) is 2.48. The van der Waals surface area contributed by atoms with E-state index in [1.165, 1.54) is 20.3 Å². The number of rotatable bonds is 9. The Morgan fingerprint density at radius 3 is 2.64 bits per heavy atom. The Bertz CT molecular complexity index is 675. The maximum Gasteiger partial charge on any atom is 0.213 e. The van der Waals surface area contributed by atoms with Crippen LogP contribution >= 0.6 is 11.8 Å². The van der Waals surface area contributed by atoms with Gasteiger partial charge in [-0.25, -0.2) is 12.7 Å². The molecule has 0 saturated heterocycles. The number of aryl methyl sites for hydroxylation is 1. The van der Waals surface area contributed by atoms with Gasteiger partial charge in [0.25, 0.3) is 0 Å². The van der Waals surface area contributed by atoms with Crippen LogP contribution in [-0.4, -0.2) is 57.9 Å². The summed E-state index contributed by atoms with van der Waals surface area (Å²) in [6.07, 6.45) is 2.79. The minimum absolute atomic E-state index is 0.133. The number of benzene rings is 1. The summed E-state index contributed by atoms with van der Waals surface area (Å²) < 4.78 is 24.8. The van der Waals surface area contributed by atoms with E-state index in [0.29, 0.717) is 25.6 Å². The highest BCUT2D eigenvalue weighted by Gasteiger charge is 2.13. The van der Waals surface area contributed by atoms with Gasteiger partial charge < -0.3 is 10.6 Å². The Labute approximate surface area is 156 Å². The number of nitrogens with zero attached hydrogens (tertiary/aromatic N) is 2. The van der Waals surface area contributed by atoms with Crippen molar-refractivity contribution >= 4 is 27.7 Å². The normalized spacial score (nSPS) is 12.5. The van der Waals surface area contributed by atoms with Crippen LogP contribution in [0.25, 0.3) is 0 Å². The lowest BCUT2D eigenvalue weighted by Crippen LogP contribution is -2.38. The Hall–Kier alpha value is -1.25. The van der Waals surface area contributed by atoms with Gasteiger partial charge in [0.15, 0.2) is 5.96 Å². The van der Waals surface area contributed by atoms with Crippen molar-refractivity contribution in [1.82, 2.24) is 14.9 Å². The number of sulfonamides is 1. The number of hydrogen-bond acceptors (Lipinski definition) is 4. The summed E-state index contributed by atoms with van der Waals surface area (Å²) in [5, 5.41) is 6.53. The Balaban J connectivity index is 2.44. The third-order valence-corrected chi connectivity index (χ3v) is 6.58. The first-order chi connectivity index (χ1) is 11.8. The topological polar surface area (TPSA) is 73.8 Å². The maximum atomic E-state index is 11.7. The fourth-order valence-electron chi connectivity index (χ4n) is 2.27. The molecule has 0 spiro atoms. The van der Waals surface area contributed by atoms with Crippen molar-refractivity contribution in [2.45, 2.75) is 31.7 Å². The molecule has 0 radical (unpaired) electrons. The molecule has 0 aliphatic rings. The molecule has 0 heterocycles. The first kappa shape index (κ1) is 21.8. The summed E-state index contributed by atoms with van der Waals surface area (Å²) in [6.45, 7) is 5.60. The van der Waals surface area contributed by atoms with E-state index >= 15 is 0 Å². The van der Waals surface area contributed by atoms with Crippen LogP contribution in [0, 0.1) is 6.92 Å². The molecule has 142 valence electrons. The van der Waals surface area contributed by atoms with Gasteiger partial charge in [-0.15, -0.1) is 11.8 Å². The van der Waals surface area contributed by atoms with Gasteiger partial charge in [0.1, 0.15) is 0 Å². The fourth-order valence-corrected chi connectivity index (χ4v) is 3.82. The van der Waals surface area contributed by atoms with Crippen LogP contribution in [0.5, 0.6) is 0 Å². The van der Waals surface area contributed by atoms with E-state index in [1.54, 1.807) is 32.8 Å². The van der Waals surface area contributed by atoms with Crippen molar-refractivity contribution in [3.05, 3.63) is 29.3 Å². The van der Waals surface area contributed by atoms with Gasteiger partial charge in [-0.1, -0.05) is 12.1 Å². The smallest absolute Gasteiger partial charge is 0.213 e. The number of aliphatic imine (C=N–C) groups is 1. The highest BCUT2D eigenvalue weighted by atomic mass is 32.2. The van der Waals surface area contributed by atoms with E-state index in [-0.39, 0.29) is 5.75 Å². The standard InChI is InChI=1S/C17H30N4O2S2/c1-6-25(22,23)21(4)11-7-10-19-17(18-3)20-13-15-9-8-14(2)12-16(15)24-5/h8-9,12H,6-7,10-11,13H2,1-5H3,(H2,18,19,20). The first-order valence-corrected chi connectivity index (χ1v) is 11.2. The lowest BCUT2D eigenvalue weighted by Gasteiger charge is -2.17. The van der Waals surface area contributed by atoms with Crippen LogP contribution in [0.4, 0.5) is 0 Å². The molecule has 8 heteroatoms. The van der Waals surface area contributed by atoms with Crippen molar-refractivity contribution < 1.29 is 8.42 Å². The molecule has 2 N–H and O–H groups in total. The summed E-state index contributed by atoms with van der Waals surface area (Å²) in [5.74, 6) is 0.850. The molecule has 25 heavy (non-hydrogen) atoms. The Morgan fingerprint density at radius 2 is 2.04 bits per heavy atom. The van der Waals surface area contributed by atoms with E-state index in [1.807, 2.05) is 0 Å². The van der Waals surface area contributed by atoms with Gasteiger partial charge in [0.2, 0.25) is 10.0 Å². The molecule has 0 amide bonds. The lowest BCUT2D eigenvalue weighted by atomic mass is 10.1. The summed E-state index contributed by atoms with van der Waals surface area (Å²) >= 11 is 1.74. The highest BCUT2D eigenvalue weighted by Crippen LogP contribution is 2.21. The average molecular weight is 387 g/mol. The molecule has 1 rings (SSSR count). The van der Waals surface area contributed by atoms with Crippen LogP contribution in [-0.2, 0) is 16.6 Å². The van der Waals surface area contributed by atoms with E-state index in [2.05, 4.69) is 47.0 Å². The lowest BCUT2D eigenvalue weighted by molar-refractivity contribution is 0.461. The quantitative estimate of drug-likeness (QED) is 0.294. The summed E-state index contributed by atoms with van der Waals surface area (Å²) in [7, 11) is 0.243. The maximum absolute atomic E-state index is 11.7. The van der Waals surface area contributed by atoms with Crippen LogP contribution in [0.15, 0.2) is 28.1 Å². The van der Waals surface area contributed by atoms with Gasteiger partial charge in [-0.05, 0) is 43.7 Å². The Morgan fingerprint density at radius 1 is 1.32 bits per heavy atom. The molecular formula is C17H30N4O2S2. The average Bonchev–Trinajstić information content (AvgIpc) is 2.61. The van der Waals surface area contributed by atoms with Gasteiger partial charge >= 0.3 is 0 Å². The Kier molecular flexibility index (Phi) is 9.31. The van der Waals surface area contributed by atoms with E-state index in [0.717, 1.165) is 6.42 Å². The molecule has 0 fully saturated rings. The zero-order chi connectivity index (χ0) is 18.9. The SMILES string of the molecule is CCS(=O)(=O)N(C)CCCNC(=NC)NCc1ccc(C)cc1SC. The molecule has 6 nitrogen and oxygen atoms in total. The zero-order valence-electron chi connectivity index (χ0n) is 15.8. The number of hydrogen-bond donors (Lipinski definition) is 2. The van der Waals surface area contributed by atoms with Gasteiger partial charge in [0.05, 0.1) is 5.75 Å². The van der Waals surface area contributed by atoms with Gasteiger partial charge in [-0.2, -0.15) is 0 Å². The van der Waals surface area contributed by atoms with Crippen LogP contribution < -0.4 is 10.6 Å². The summed E-state index contributed by atoms with van der Waals surface area (Å²) in [4.78, 5) is 5.47. The minimum Gasteiger partial charge on any atom is -0.356 e. The molecule has 1 aromatic rings. The third kappa shape index (κ3) is 7.25. The summed E-state index contributed by atoms with van der Waals surface area (Å²) in [6, 6.07) is 6.42. The molecule has 0 saturated carbocycles. The van der Waals surface area contributed by atoms with Crippen molar-refractivity contribution in [2.24, 2.45) is 4.99 Å². The van der Waals surface area contributed by atoms with Crippen LogP contribution in [0.1, 0.15) is 24.5 Å². The third-order valence-electron chi connectivity index (χ3n) is 3.89. The van der Waals surface area contributed by atoms with Crippen molar-refractivity contribution in [2.75, 3.05) is 39.2 Å². The second kappa shape index (κ2) is 10.7. The van der Waals surface area contributed by atoms with Crippen molar-refractivity contribution in [3.63, 3.8) is 0 Å². The molecule has 0 unspecified atom stereocenters. The second-order valence-electron chi connectivity index (χ2n) is 5.74. The van der Waals surface area contributed by atoms with Gasteiger partial charge in [-0.3, -0.25) is 4.99 Å². The van der Waals surface area contributed by atoms with Gasteiger partial charge in [0, 0.05) is 38.6 Å². The molecule has 0 aromatic heterocycles. The van der Waals surface area contributed by atoms with Crippen LogP contribution in [0.2, 0.25) is 0 Å². The largest absolute Gasteiger partial charge is 0.356 e. The highest BCUT2D eigenvalue weighted by molar-refractivity contribution is 7.98. The van der Waals surface area contributed by atoms with E-state index in [4.69, 9.17) is 0 Å². The number of thioether (sulfide) groups is 1. The predicted octanol–water partition coefficient (Wildman–Crippen LogP) is 2.05. The fraction of sp³-hybridized carbons (Fsp3) is 0.588. The molecule has 0 atom stereocenters. The molecule has 0 aliphatic heterocycles. The molecular weight excluding hydrogens is 356 g/mol. The van der Waals surface area contributed by atoms with Crippen molar-refractivity contribution in [3.8, 4) is 0 Å². The second-order valence-corrected chi connectivity index (χ2v) is 8.96. The first-order valence-electron chi connectivity index (χ1n) is 8.36. The predicted molar refractivity (Wildman–Crippen MR) is 108 cm³/mol. The zero-order valence-corrected chi connectivity index (χ0v) is 17.4. The number of guanidine groups is 1. The van der Waals surface area contributed by atoms with E-state index in [9.17, 15) is 8.42 Å². The van der Waals surface area contributed by atoms with E-state index < -0.39 is 10.0 Å². The van der Waals surface area contributed by atoms with Crippen LogP contribution in [0.3, 0.4) is 0 Å². The molecule has 0 aliphatic carbocycles. The minimum atomic E-state index is -3.10. The number of nitrogens with one attached hydrogen (secondary N) is 2.